The number of para-hydroxylation sites is 2. The summed E-state index contributed by atoms with van der Waals surface area (Å²) in [5.41, 5.74) is 0. The number of ether oxygens (including phenoxy) is 3. The van der Waals surface area contributed by atoms with Crippen LogP contribution >= 0.6 is 0 Å². The fraction of sp³-hybridized carbons (Fsp3) is 0.611. The van der Waals surface area contributed by atoms with Gasteiger partial charge in [0, 0.05) is 26.7 Å². The van der Waals surface area contributed by atoms with Gasteiger partial charge >= 0.3 is 0 Å². The number of nitrogens with zero attached hydrogens (tertiary/aromatic N) is 1. The highest BCUT2D eigenvalue weighted by Crippen LogP contribution is 2.33. The molecule has 1 amide bonds. The molecule has 0 spiro atoms. The summed E-state index contributed by atoms with van der Waals surface area (Å²) in [5, 5.41) is 3.03. The van der Waals surface area contributed by atoms with Gasteiger partial charge in [0.15, 0.2) is 11.5 Å². The number of carbonyl (C=O) groups is 1. The smallest absolute Gasteiger partial charge is 0.265 e. The molecule has 1 aromatic carbocycles. The molecule has 1 saturated heterocycles. The van der Waals surface area contributed by atoms with Crippen LogP contribution in [-0.4, -0.2) is 62.9 Å². The fourth-order valence-corrected chi connectivity index (χ4v) is 3.25. The molecule has 0 aliphatic carbocycles. The molecular weight excluding hydrogens is 308 g/mol. The highest BCUT2D eigenvalue weighted by Gasteiger charge is 2.34. The number of nitrogens with one attached hydrogen (secondary N) is 1. The van der Waals surface area contributed by atoms with Crippen molar-refractivity contribution in [2.75, 3.05) is 39.9 Å². The average molecular weight is 334 g/mol. The Hall–Kier alpha value is -1.79. The van der Waals surface area contributed by atoms with Crippen molar-refractivity contribution in [2.45, 2.75) is 25.6 Å². The van der Waals surface area contributed by atoms with Crippen molar-refractivity contribution in [3.8, 4) is 11.5 Å². The maximum absolute atomic E-state index is 12.5. The van der Waals surface area contributed by atoms with Crippen LogP contribution < -0.4 is 14.8 Å². The predicted octanol–water partition coefficient (Wildman–Crippen LogP) is 1.30. The number of hydrogen-bond donors (Lipinski definition) is 1. The van der Waals surface area contributed by atoms with E-state index in [9.17, 15) is 4.79 Å². The van der Waals surface area contributed by atoms with Crippen LogP contribution in [0.1, 0.15) is 13.3 Å². The van der Waals surface area contributed by atoms with Gasteiger partial charge in [0.1, 0.15) is 6.10 Å². The lowest BCUT2D eigenvalue weighted by Crippen LogP contribution is -2.50. The third-order valence-electron chi connectivity index (χ3n) is 4.65. The van der Waals surface area contributed by atoms with Gasteiger partial charge in [-0.05, 0) is 37.9 Å². The van der Waals surface area contributed by atoms with Gasteiger partial charge in [-0.2, -0.15) is 0 Å². The third kappa shape index (κ3) is 3.99. The molecule has 3 unspecified atom stereocenters. The minimum absolute atomic E-state index is 0.104. The molecule has 1 N–H and O–H groups in total. The lowest BCUT2D eigenvalue weighted by Gasteiger charge is -2.31. The maximum atomic E-state index is 12.5. The van der Waals surface area contributed by atoms with E-state index in [1.54, 1.807) is 7.11 Å². The van der Waals surface area contributed by atoms with Crippen LogP contribution in [0, 0.1) is 5.92 Å². The number of likely N-dealkylation sites (tertiary alicyclic amines) is 1. The minimum atomic E-state index is -0.606. The first-order chi connectivity index (χ1) is 11.7. The molecule has 0 bridgehead atoms. The van der Waals surface area contributed by atoms with Crippen LogP contribution in [0.15, 0.2) is 24.3 Å². The van der Waals surface area contributed by atoms with Crippen molar-refractivity contribution in [1.29, 1.82) is 0 Å². The Bertz CT molecular complexity index is 566. The summed E-state index contributed by atoms with van der Waals surface area (Å²) in [6.45, 7) is 6.32. The summed E-state index contributed by atoms with van der Waals surface area (Å²) < 4.78 is 16.7. The van der Waals surface area contributed by atoms with Gasteiger partial charge in [-0.25, -0.2) is 0 Å². The topological polar surface area (TPSA) is 60.0 Å². The Kier molecular flexibility index (Phi) is 5.58. The van der Waals surface area contributed by atoms with Gasteiger partial charge < -0.3 is 24.4 Å². The van der Waals surface area contributed by atoms with Crippen LogP contribution in [0.2, 0.25) is 0 Å². The molecule has 2 aliphatic heterocycles. The van der Waals surface area contributed by atoms with Crippen molar-refractivity contribution < 1.29 is 19.0 Å². The summed E-state index contributed by atoms with van der Waals surface area (Å²) in [5.74, 6) is 1.70. The second kappa shape index (κ2) is 7.85. The fourth-order valence-electron chi connectivity index (χ4n) is 3.25. The molecule has 3 rings (SSSR count). The molecule has 6 nitrogen and oxygen atoms in total. The molecule has 0 radical (unpaired) electrons. The molecule has 2 heterocycles. The van der Waals surface area contributed by atoms with Gasteiger partial charge in [0.05, 0.1) is 6.61 Å². The highest BCUT2D eigenvalue weighted by molar-refractivity contribution is 5.82. The van der Waals surface area contributed by atoms with Gasteiger partial charge in [0.25, 0.3) is 5.91 Å². The van der Waals surface area contributed by atoms with Gasteiger partial charge in [-0.3, -0.25) is 4.79 Å². The third-order valence-corrected chi connectivity index (χ3v) is 4.65. The van der Waals surface area contributed by atoms with Crippen molar-refractivity contribution in [3.05, 3.63) is 24.3 Å². The lowest BCUT2D eigenvalue weighted by atomic mass is 10.1. The normalized spacial score (nSPS) is 26.3. The number of rotatable bonds is 6. The number of amides is 1. The lowest BCUT2D eigenvalue weighted by molar-refractivity contribution is -0.133. The Labute approximate surface area is 143 Å². The molecule has 3 atom stereocenters. The van der Waals surface area contributed by atoms with E-state index < -0.39 is 6.10 Å². The zero-order chi connectivity index (χ0) is 16.9. The molecule has 24 heavy (non-hydrogen) atoms. The van der Waals surface area contributed by atoms with E-state index in [1.807, 2.05) is 31.2 Å². The van der Waals surface area contributed by atoms with Crippen molar-refractivity contribution in [3.63, 3.8) is 0 Å². The van der Waals surface area contributed by atoms with Gasteiger partial charge in [0.2, 0.25) is 6.10 Å². The quantitative estimate of drug-likeness (QED) is 0.850. The Morgan fingerprint density at radius 2 is 2.08 bits per heavy atom. The van der Waals surface area contributed by atoms with E-state index in [0.29, 0.717) is 24.0 Å². The second-order valence-corrected chi connectivity index (χ2v) is 6.50. The van der Waals surface area contributed by atoms with Crippen molar-refractivity contribution in [2.24, 2.45) is 5.92 Å². The number of hydrogen-bond acceptors (Lipinski definition) is 5. The van der Waals surface area contributed by atoms with E-state index in [-0.39, 0.29) is 12.0 Å². The molecule has 2 aliphatic rings. The highest BCUT2D eigenvalue weighted by atomic mass is 16.6. The van der Waals surface area contributed by atoms with Crippen molar-refractivity contribution in [1.82, 2.24) is 10.2 Å². The number of benzene rings is 1. The SMILES string of the molecule is COCCN1CCC(CNC(=O)C2Oc3ccccc3OC2C)C1. The van der Waals surface area contributed by atoms with Crippen LogP contribution in [0.5, 0.6) is 11.5 Å². The Morgan fingerprint density at radius 1 is 1.33 bits per heavy atom. The van der Waals surface area contributed by atoms with Crippen molar-refractivity contribution >= 4 is 5.91 Å². The first kappa shape index (κ1) is 17.0. The van der Waals surface area contributed by atoms with E-state index in [4.69, 9.17) is 14.2 Å². The molecule has 0 saturated carbocycles. The summed E-state index contributed by atoms with van der Waals surface area (Å²) in [7, 11) is 1.72. The zero-order valence-electron chi connectivity index (χ0n) is 14.4. The first-order valence-corrected chi connectivity index (χ1v) is 8.58. The summed E-state index contributed by atoms with van der Waals surface area (Å²) in [6, 6.07) is 7.45. The van der Waals surface area contributed by atoms with E-state index in [1.165, 1.54) is 0 Å². The zero-order valence-corrected chi connectivity index (χ0v) is 14.4. The second-order valence-electron chi connectivity index (χ2n) is 6.50. The predicted molar refractivity (Wildman–Crippen MR) is 90.4 cm³/mol. The largest absolute Gasteiger partial charge is 0.482 e. The number of methoxy groups -OCH3 is 1. The summed E-state index contributed by atoms with van der Waals surface area (Å²) in [4.78, 5) is 14.9. The monoisotopic (exact) mass is 334 g/mol. The molecule has 132 valence electrons. The minimum Gasteiger partial charge on any atom is -0.482 e. The molecule has 1 fully saturated rings. The number of carbonyl (C=O) groups excluding carboxylic acids is 1. The molecule has 6 heteroatoms. The molecular formula is C18H26N2O4. The Balaban J connectivity index is 1.47. The van der Waals surface area contributed by atoms with E-state index in [2.05, 4.69) is 10.2 Å². The van der Waals surface area contributed by atoms with E-state index >= 15 is 0 Å². The first-order valence-electron chi connectivity index (χ1n) is 8.58. The summed E-state index contributed by atoms with van der Waals surface area (Å²) in [6.07, 6.45) is 0.192. The standard InChI is InChI=1S/C18H26N2O4/c1-13-17(24-16-6-4-3-5-15(16)23-13)18(21)19-11-14-7-8-20(12-14)9-10-22-2/h3-6,13-14,17H,7-12H2,1-2H3,(H,19,21). The van der Waals surface area contributed by atoms with Gasteiger partial charge in [-0.15, -0.1) is 0 Å². The van der Waals surface area contributed by atoms with Crippen LogP contribution in [0.3, 0.4) is 0 Å². The maximum Gasteiger partial charge on any atom is 0.265 e. The summed E-state index contributed by atoms with van der Waals surface area (Å²) >= 11 is 0. The van der Waals surface area contributed by atoms with E-state index in [0.717, 1.165) is 32.7 Å². The average Bonchev–Trinajstić information content (AvgIpc) is 3.05. The number of fused-ring (bicyclic) bond motifs is 1. The molecule has 1 aromatic rings. The Morgan fingerprint density at radius 3 is 2.83 bits per heavy atom. The van der Waals surface area contributed by atoms with Crippen LogP contribution in [0.25, 0.3) is 0 Å². The molecule has 0 aromatic heterocycles. The van der Waals surface area contributed by atoms with Gasteiger partial charge in [-0.1, -0.05) is 12.1 Å². The van der Waals surface area contributed by atoms with Crippen LogP contribution in [0.4, 0.5) is 0 Å². The van der Waals surface area contributed by atoms with Crippen LogP contribution in [-0.2, 0) is 9.53 Å².